The molecule has 0 radical (unpaired) electrons. The predicted octanol–water partition coefficient (Wildman–Crippen LogP) is 5.10. The molecular formula is C26H35Cl2N3O4S. The Morgan fingerprint density at radius 1 is 0.972 bits per heavy atom. The van der Waals surface area contributed by atoms with Crippen molar-refractivity contribution in [2.45, 2.75) is 66.1 Å². The van der Waals surface area contributed by atoms with Crippen molar-refractivity contribution < 1.29 is 18.0 Å². The molecule has 0 aliphatic rings. The molecule has 10 heteroatoms. The number of nitrogens with one attached hydrogen (secondary N) is 1. The van der Waals surface area contributed by atoms with Gasteiger partial charge in [-0.25, -0.2) is 8.42 Å². The van der Waals surface area contributed by atoms with Gasteiger partial charge in [-0.1, -0.05) is 49.2 Å². The largest absolute Gasteiger partial charge is 0.352 e. The second kappa shape index (κ2) is 12.8. The summed E-state index contributed by atoms with van der Waals surface area (Å²) in [4.78, 5) is 28.3. The minimum absolute atomic E-state index is 0.0622. The van der Waals surface area contributed by atoms with Gasteiger partial charge in [-0.3, -0.25) is 13.9 Å². The summed E-state index contributed by atoms with van der Waals surface area (Å²) >= 11 is 12.2. The summed E-state index contributed by atoms with van der Waals surface area (Å²) in [6.45, 7) is 9.08. The number of rotatable bonds is 11. The molecular weight excluding hydrogens is 521 g/mol. The Morgan fingerprint density at radius 2 is 1.64 bits per heavy atom. The summed E-state index contributed by atoms with van der Waals surface area (Å²) in [5, 5.41) is 3.64. The van der Waals surface area contributed by atoms with E-state index < -0.39 is 28.5 Å². The second-order valence-electron chi connectivity index (χ2n) is 9.05. The molecule has 0 bridgehead atoms. The van der Waals surface area contributed by atoms with Gasteiger partial charge in [0.05, 0.1) is 22.0 Å². The van der Waals surface area contributed by atoms with Crippen LogP contribution in [-0.2, 0) is 26.2 Å². The van der Waals surface area contributed by atoms with E-state index in [1.165, 1.54) is 4.90 Å². The Labute approximate surface area is 224 Å². The highest BCUT2D eigenvalue weighted by atomic mass is 35.5. The third kappa shape index (κ3) is 7.85. The van der Waals surface area contributed by atoms with Crippen molar-refractivity contribution in [2.24, 2.45) is 0 Å². The summed E-state index contributed by atoms with van der Waals surface area (Å²) < 4.78 is 26.5. The molecule has 0 aliphatic heterocycles. The van der Waals surface area contributed by atoms with E-state index >= 15 is 0 Å². The third-order valence-corrected chi connectivity index (χ3v) is 8.06. The van der Waals surface area contributed by atoms with Gasteiger partial charge in [-0.05, 0) is 74.6 Å². The van der Waals surface area contributed by atoms with E-state index in [2.05, 4.69) is 5.32 Å². The molecule has 7 nitrogen and oxygen atoms in total. The summed E-state index contributed by atoms with van der Waals surface area (Å²) in [6.07, 6.45) is 2.14. The Bertz CT molecular complexity index is 1200. The maximum absolute atomic E-state index is 13.7. The second-order valence-corrected chi connectivity index (χ2v) is 11.8. The van der Waals surface area contributed by atoms with Crippen LogP contribution in [0.1, 0.15) is 50.3 Å². The number of benzene rings is 2. The van der Waals surface area contributed by atoms with E-state index in [1.54, 1.807) is 30.3 Å². The highest BCUT2D eigenvalue weighted by Gasteiger charge is 2.32. The van der Waals surface area contributed by atoms with Crippen molar-refractivity contribution in [3.63, 3.8) is 0 Å². The van der Waals surface area contributed by atoms with Crippen molar-refractivity contribution in [3.8, 4) is 0 Å². The lowest BCUT2D eigenvalue weighted by atomic mass is 10.1. The molecule has 0 saturated heterocycles. The number of hydrogen-bond donors (Lipinski definition) is 1. The molecule has 2 atom stereocenters. The third-order valence-electron chi connectivity index (χ3n) is 6.18. The molecule has 0 fully saturated rings. The number of carbonyl (C=O) groups excluding carboxylic acids is 2. The molecule has 0 spiro atoms. The van der Waals surface area contributed by atoms with Crippen LogP contribution < -0.4 is 9.62 Å². The minimum Gasteiger partial charge on any atom is -0.352 e. The Kier molecular flexibility index (Phi) is 10.6. The monoisotopic (exact) mass is 555 g/mol. The fraction of sp³-hybridized carbons (Fsp3) is 0.462. The standard InChI is InChI=1S/C26H35Cl2N3O4S/c1-7-19(5)29-26(33)24(8-2)30(15-20-10-12-22(27)23(28)14-20)25(32)16-31(36(6,34)35)21-11-9-17(3)18(4)13-21/h9-14,19,24H,7-8,15-16H2,1-6H3,(H,29,33). The fourth-order valence-electron chi connectivity index (χ4n) is 3.69. The highest BCUT2D eigenvalue weighted by molar-refractivity contribution is 7.92. The van der Waals surface area contributed by atoms with Gasteiger partial charge < -0.3 is 10.2 Å². The van der Waals surface area contributed by atoms with Crippen LogP contribution in [-0.4, -0.2) is 50.0 Å². The normalized spacial score (nSPS) is 13.1. The quantitative estimate of drug-likeness (QED) is 0.418. The van der Waals surface area contributed by atoms with Crippen LogP contribution in [0.4, 0.5) is 5.69 Å². The van der Waals surface area contributed by atoms with Crippen molar-refractivity contribution in [1.82, 2.24) is 10.2 Å². The van der Waals surface area contributed by atoms with E-state index in [9.17, 15) is 18.0 Å². The Hall–Kier alpha value is -2.29. The Morgan fingerprint density at radius 3 is 2.17 bits per heavy atom. The lowest BCUT2D eigenvalue weighted by molar-refractivity contribution is -0.140. The van der Waals surface area contributed by atoms with E-state index in [0.717, 1.165) is 28.1 Å². The molecule has 198 valence electrons. The van der Waals surface area contributed by atoms with Gasteiger partial charge in [0.1, 0.15) is 12.6 Å². The molecule has 0 aromatic heterocycles. The van der Waals surface area contributed by atoms with Crippen molar-refractivity contribution in [2.75, 3.05) is 17.1 Å². The molecule has 0 heterocycles. The Balaban J connectivity index is 2.48. The van der Waals surface area contributed by atoms with Crippen LogP contribution in [0.15, 0.2) is 36.4 Å². The number of carbonyl (C=O) groups is 2. The first-order chi connectivity index (χ1) is 16.8. The first kappa shape index (κ1) is 29.9. The van der Waals surface area contributed by atoms with E-state index in [4.69, 9.17) is 23.2 Å². The highest BCUT2D eigenvalue weighted by Crippen LogP contribution is 2.25. The maximum Gasteiger partial charge on any atom is 0.244 e. The number of nitrogens with zero attached hydrogens (tertiary/aromatic N) is 2. The summed E-state index contributed by atoms with van der Waals surface area (Å²) in [7, 11) is -3.79. The molecule has 2 unspecified atom stereocenters. The van der Waals surface area contributed by atoms with Crippen molar-refractivity contribution >= 4 is 50.7 Å². The molecule has 2 aromatic carbocycles. The first-order valence-electron chi connectivity index (χ1n) is 11.9. The smallest absolute Gasteiger partial charge is 0.244 e. The summed E-state index contributed by atoms with van der Waals surface area (Å²) in [5.41, 5.74) is 2.97. The molecule has 2 amide bonds. The molecule has 2 aromatic rings. The molecule has 0 aliphatic carbocycles. The number of halogens is 2. The summed E-state index contributed by atoms with van der Waals surface area (Å²) in [5.74, 6) is -0.798. The molecule has 36 heavy (non-hydrogen) atoms. The molecule has 2 rings (SSSR count). The number of sulfonamides is 1. The van der Waals surface area contributed by atoms with Crippen LogP contribution in [0, 0.1) is 13.8 Å². The zero-order valence-electron chi connectivity index (χ0n) is 21.6. The van der Waals surface area contributed by atoms with Crippen LogP contribution in [0.5, 0.6) is 0 Å². The van der Waals surface area contributed by atoms with Crippen LogP contribution in [0.3, 0.4) is 0 Å². The number of hydrogen-bond acceptors (Lipinski definition) is 4. The molecule has 1 N–H and O–H groups in total. The SMILES string of the molecule is CCC(C)NC(=O)C(CC)N(Cc1ccc(Cl)c(Cl)c1)C(=O)CN(c1ccc(C)c(C)c1)S(C)(=O)=O. The minimum atomic E-state index is -3.79. The van der Waals surface area contributed by atoms with Gasteiger partial charge in [0, 0.05) is 12.6 Å². The van der Waals surface area contributed by atoms with Gasteiger partial charge in [0.25, 0.3) is 0 Å². The van der Waals surface area contributed by atoms with Gasteiger partial charge in [0.2, 0.25) is 21.8 Å². The van der Waals surface area contributed by atoms with Crippen molar-refractivity contribution in [3.05, 3.63) is 63.1 Å². The van der Waals surface area contributed by atoms with E-state index in [-0.39, 0.29) is 18.5 Å². The van der Waals surface area contributed by atoms with Crippen molar-refractivity contribution in [1.29, 1.82) is 0 Å². The van der Waals surface area contributed by atoms with Gasteiger partial charge in [0.15, 0.2) is 0 Å². The number of amides is 2. The maximum atomic E-state index is 13.7. The van der Waals surface area contributed by atoms with Gasteiger partial charge in [-0.2, -0.15) is 0 Å². The lowest BCUT2D eigenvalue weighted by Crippen LogP contribution is -2.53. The fourth-order valence-corrected chi connectivity index (χ4v) is 4.85. The van der Waals surface area contributed by atoms with Crippen LogP contribution in [0.25, 0.3) is 0 Å². The average Bonchev–Trinajstić information content (AvgIpc) is 2.80. The zero-order chi connectivity index (χ0) is 27.2. The van der Waals surface area contributed by atoms with Gasteiger partial charge in [-0.15, -0.1) is 0 Å². The van der Waals surface area contributed by atoms with Crippen LogP contribution >= 0.6 is 23.2 Å². The average molecular weight is 557 g/mol. The number of anilines is 1. The zero-order valence-corrected chi connectivity index (χ0v) is 24.0. The predicted molar refractivity (Wildman–Crippen MR) is 147 cm³/mol. The number of aryl methyl sites for hydroxylation is 2. The van der Waals surface area contributed by atoms with Crippen LogP contribution in [0.2, 0.25) is 10.0 Å². The van der Waals surface area contributed by atoms with E-state index in [1.807, 2.05) is 40.7 Å². The lowest BCUT2D eigenvalue weighted by Gasteiger charge is -2.33. The van der Waals surface area contributed by atoms with Gasteiger partial charge >= 0.3 is 0 Å². The first-order valence-corrected chi connectivity index (χ1v) is 14.5. The van der Waals surface area contributed by atoms with E-state index in [0.29, 0.717) is 27.7 Å². The summed E-state index contributed by atoms with van der Waals surface area (Å²) in [6, 6.07) is 9.34. The topological polar surface area (TPSA) is 86.8 Å². The molecule has 0 saturated carbocycles.